The third kappa shape index (κ3) is 3.97. The maximum atomic E-state index is 5.91. The first-order valence-corrected chi connectivity index (χ1v) is 7.00. The summed E-state index contributed by atoms with van der Waals surface area (Å²) in [6.45, 7) is 6.55. The van der Waals surface area contributed by atoms with Crippen molar-refractivity contribution in [3.8, 4) is 5.75 Å². The first kappa shape index (κ1) is 15.8. The van der Waals surface area contributed by atoms with Gasteiger partial charge in [-0.15, -0.1) is 0 Å². The monoisotopic (exact) mass is 302 g/mol. The normalized spacial score (nSPS) is 12.3. The van der Waals surface area contributed by atoms with E-state index in [1.165, 1.54) is 6.33 Å². The van der Waals surface area contributed by atoms with Crippen molar-refractivity contribution in [2.75, 3.05) is 12.4 Å². The molecular formula is C15H22N6O. The van der Waals surface area contributed by atoms with Crippen molar-refractivity contribution < 1.29 is 4.74 Å². The molecule has 1 heterocycles. The zero-order valence-corrected chi connectivity index (χ0v) is 13.4. The van der Waals surface area contributed by atoms with Gasteiger partial charge in [-0.25, -0.2) is 14.7 Å². The predicted octanol–water partition coefficient (Wildman–Crippen LogP) is 1.97. The summed E-state index contributed by atoms with van der Waals surface area (Å²) in [5.41, 5.74) is 6.59. The second-order valence-corrected chi connectivity index (χ2v) is 5.82. The molecule has 1 aromatic heterocycles. The first-order chi connectivity index (χ1) is 10.4. The maximum Gasteiger partial charge on any atom is 0.193 e. The molecule has 0 unspecified atom stereocenters. The molecule has 0 aliphatic carbocycles. The molecule has 0 bridgehead atoms. The second kappa shape index (κ2) is 6.46. The van der Waals surface area contributed by atoms with Gasteiger partial charge in [0.25, 0.3) is 0 Å². The Kier molecular flexibility index (Phi) is 4.65. The molecule has 2 aromatic rings. The smallest absolute Gasteiger partial charge is 0.193 e. The fourth-order valence-corrected chi connectivity index (χ4v) is 1.98. The van der Waals surface area contributed by atoms with Gasteiger partial charge in [-0.05, 0) is 32.9 Å². The molecule has 0 saturated carbocycles. The van der Waals surface area contributed by atoms with Crippen LogP contribution in [0, 0.1) is 0 Å². The van der Waals surface area contributed by atoms with E-state index in [2.05, 4.69) is 41.2 Å². The molecule has 1 aromatic carbocycles. The summed E-state index contributed by atoms with van der Waals surface area (Å²) in [5.74, 6) is 1.84. The molecule has 0 spiro atoms. The number of rotatable bonds is 4. The molecule has 22 heavy (non-hydrogen) atoms. The highest BCUT2D eigenvalue weighted by molar-refractivity contribution is 5.92. The van der Waals surface area contributed by atoms with Crippen molar-refractivity contribution >= 4 is 11.6 Å². The summed E-state index contributed by atoms with van der Waals surface area (Å²) in [4.78, 5) is 8.54. The zero-order chi connectivity index (χ0) is 16.2. The third-order valence-electron chi connectivity index (χ3n) is 2.99. The topological polar surface area (TPSA) is 90.3 Å². The Hall–Kier alpha value is -2.57. The van der Waals surface area contributed by atoms with E-state index in [0.717, 1.165) is 17.3 Å². The van der Waals surface area contributed by atoms with Crippen LogP contribution in [0.4, 0.5) is 5.69 Å². The zero-order valence-electron chi connectivity index (χ0n) is 13.4. The molecule has 0 atom stereocenters. The van der Waals surface area contributed by atoms with Crippen molar-refractivity contribution in [3.05, 3.63) is 36.4 Å². The average Bonchev–Trinajstić information content (AvgIpc) is 2.94. The van der Waals surface area contributed by atoms with Crippen molar-refractivity contribution in [2.45, 2.75) is 32.9 Å². The molecule has 2 rings (SSSR count). The van der Waals surface area contributed by atoms with Crippen LogP contribution in [0.1, 0.15) is 26.6 Å². The van der Waals surface area contributed by atoms with E-state index in [1.54, 1.807) is 7.11 Å². The summed E-state index contributed by atoms with van der Waals surface area (Å²) in [6, 6.07) is 7.48. The van der Waals surface area contributed by atoms with Crippen molar-refractivity contribution in [2.24, 2.45) is 10.7 Å². The van der Waals surface area contributed by atoms with Crippen LogP contribution in [0.15, 0.2) is 35.6 Å². The lowest BCUT2D eigenvalue weighted by molar-refractivity contribution is 0.342. The summed E-state index contributed by atoms with van der Waals surface area (Å²) in [7, 11) is 1.62. The summed E-state index contributed by atoms with van der Waals surface area (Å²) in [5, 5.41) is 7.26. The number of ether oxygens (including phenoxy) is 1. The number of hydrogen-bond donors (Lipinski definition) is 2. The Morgan fingerprint density at radius 3 is 2.86 bits per heavy atom. The van der Waals surface area contributed by atoms with Crippen molar-refractivity contribution in [1.29, 1.82) is 0 Å². The van der Waals surface area contributed by atoms with E-state index in [-0.39, 0.29) is 5.54 Å². The Balaban J connectivity index is 2.06. The molecule has 0 amide bonds. The number of benzene rings is 1. The molecule has 7 nitrogen and oxygen atoms in total. The van der Waals surface area contributed by atoms with Gasteiger partial charge < -0.3 is 15.8 Å². The fraction of sp³-hybridized carbons (Fsp3) is 0.400. The Bertz CT molecular complexity index is 656. The first-order valence-electron chi connectivity index (χ1n) is 7.00. The summed E-state index contributed by atoms with van der Waals surface area (Å²) in [6.07, 6.45) is 1.53. The van der Waals surface area contributed by atoms with Crippen LogP contribution in [-0.4, -0.2) is 27.8 Å². The molecule has 0 fully saturated rings. The fourth-order valence-electron chi connectivity index (χ4n) is 1.98. The molecule has 0 aliphatic heterocycles. The summed E-state index contributed by atoms with van der Waals surface area (Å²) >= 11 is 0. The highest BCUT2D eigenvalue weighted by Crippen LogP contribution is 2.17. The van der Waals surface area contributed by atoms with E-state index < -0.39 is 0 Å². The largest absolute Gasteiger partial charge is 0.497 e. The van der Waals surface area contributed by atoms with Gasteiger partial charge in [0, 0.05) is 11.8 Å². The molecule has 0 aliphatic rings. The van der Waals surface area contributed by atoms with Crippen LogP contribution in [-0.2, 0) is 12.1 Å². The summed E-state index contributed by atoms with van der Waals surface area (Å²) < 4.78 is 7.01. The van der Waals surface area contributed by atoms with Gasteiger partial charge in [0.05, 0.1) is 12.6 Å². The Labute approximate surface area is 130 Å². The van der Waals surface area contributed by atoms with Gasteiger partial charge in [-0.1, -0.05) is 6.07 Å². The van der Waals surface area contributed by atoms with Gasteiger partial charge >= 0.3 is 0 Å². The number of aliphatic imine (C=N–C) groups is 1. The molecule has 7 heteroatoms. The SMILES string of the molecule is COc1cccc(NC(N)=NCc2ncnn2C(C)(C)C)c1. The van der Waals surface area contributed by atoms with E-state index in [4.69, 9.17) is 10.5 Å². The number of nitrogens with two attached hydrogens (primary N) is 1. The average molecular weight is 302 g/mol. The van der Waals surface area contributed by atoms with E-state index in [9.17, 15) is 0 Å². The second-order valence-electron chi connectivity index (χ2n) is 5.82. The van der Waals surface area contributed by atoms with Gasteiger partial charge in [0.1, 0.15) is 24.4 Å². The van der Waals surface area contributed by atoms with Crippen LogP contribution in [0.5, 0.6) is 5.75 Å². The minimum absolute atomic E-state index is 0.143. The van der Waals surface area contributed by atoms with E-state index >= 15 is 0 Å². The predicted molar refractivity (Wildman–Crippen MR) is 87.0 cm³/mol. The number of guanidine groups is 1. The molecular weight excluding hydrogens is 280 g/mol. The lowest BCUT2D eigenvalue weighted by atomic mass is 10.1. The Morgan fingerprint density at radius 2 is 2.18 bits per heavy atom. The lowest BCUT2D eigenvalue weighted by Crippen LogP contribution is -2.26. The minimum Gasteiger partial charge on any atom is -0.497 e. The number of hydrogen-bond acceptors (Lipinski definition) is 4. The molecule has 0 radical (unpaired) electrons. The van der Waals surface area contributed by atoms with Crippen molar-refractivity contribution in [3.63, 3.8) is 0 Å². The van der Waals surface area contributed by atoms with Crippen LogP contribution in [0.25, 0.3) is 0 Å². The highest BCUT2D eigenvalue weighted by atomic mass is 16.5. The number of anilines is 1. The molecule has 3 N–H and O–H groups in total. The van der Waals surface area contributed by atoms with Crippen molar-refractivity contribution in [1.82, 2.24) is 14.8 Å². The van der Waals surface area contributed by atoms with Gasteiger partial charge in [-0.2, -0.15) is 5.10 Å². The van der Waals surface area contributed by atoms with E-state index in [0.29, 0.717) is 12.5 Å². The van der Waals surface area contributed by atoms with E-state index in [1.807, 2.05) is 28.9 Å². The number of aromatic nitrogens is 3. The van der Waals surface area contributed by atoms with Crippen LogP contribution in [0.3, 0.4) is 0 Å². The minimum atomic E-state index is -0.143. The van der Waals surface area contributed by atoms with Crippen LogP contribution >= 0.6 is 0 Å². The third-order valence-corrected chi connectivity index (χ3v) is 2.99. The van der Waals surface area contributed by atoms with Gasteiger partial charge in [-0.3, -0.25) is 0 Å². The number of nitrogens with zero attached hydrogens (tertiary/aromatic N) is 4. The quantitative estimate of drug-likeness (QED) is 0.665. The highest BCUT2D eigenvalue weighted by Gasteiger charge is 2.17. The van der Waals surface area contributed by atoms with Crippen LogP contribution in [0.2, 0.25) is 0 Å². The number of methoxy groups -OCH3 is 1. The van der Waals surface area contributed by atoms with Gasteiger partial charge in [0.2, 0.25) is 0 Å². The van der Waals surface area contributed by atoms with Gasteiger partial charge in [0.15, 0.2) is 5.96 Å². The molecule has 118 valence electrons. The maximum absolute atomic E-state index is 5.91. The molecule has 0 saturated heterocycles. The Morgan fingerprint density at radius 1 is 1.41 bits per heavy atom. The lowest BCUT2D eigenvalue weighted by Gasteiger charge is -2.20. The standard InChI is InChI=1S/C15H22N6O/c1-15(2,3)21-13(18-10-19-21)9-17-14(16)20-11-6-5-7-12(8-11)22-4/h5-8,10H,9H2,1-4H3,(H3,16,17,20). The van der Waals surface area contributed by atoms with Crippen LogP contribution < -0.4 is 15.8 Å². The number of nitrogens with one attached hydrogen (secondary N) is 1.